The fourth-order valence-corrected chi connectivity index (χ4v) is 2.68. The molecule has 0 bridgehead atoms. The summed E-state index contributed by atoms with van der Waals surface area (Å²) < 4.78 is 19.3. The van der Waals surface area contributed by atoms with Gasteiger partial charge in [-0.15, -0.1) is 0 Å². The largest absolute Gasteiger partial charge is 0.444 e. The molecule has 1 aliphatic rings. The van der Waals surface area contributed by atoms with Crippen molar-refractivity contribution in [2.75, 3.05) is 24.5 Å². The zero-order valence-electron chi connectivity index (χ0n) is 14.5. The number of carbonyl (C=O) groups is 2. The normalized spacial score (nSPS) is 18.5. The molecule has 0 radical (unpaired) electrons. The Hall–Kier alpha value is -2.31. The molecule has 1 aromatic rings. The van der Waals surface area contributed by atoms with Crippen molar-refractivity contribution in [2.45, 2.75) is 39.3 Å². The van der Waals surface area contributed by atoms with E-state index in [1.807, 2.05) is 32.6 Å². The third-order valence-corrected chi connectivity index (χ3v) is 3.84. The van der Waals surface area contributed by atoms with Crippen LogP contribution in [0.5, 0.6) is 0 Å². The maximum Gasteiger partial charge on any atom is 0.410 e. The molecule has 6 nitrogen and oxygen atoms in total. The van der Waals surface area contributed by atoms with Gasteiger partial charge in [-0.2, -0.15) is 0 Å². The molecule has 0 saturated carbocycles. The molecule has 1 aromatic carbocycles. The zero-order valence-corrected chi connectivity index (χ0v) is 14.5. The maximum absolute atomic E-state index is 13.9. The van der Waals surface area contributed by atoms with E-state index in [0.717, 1.165) is 0 Å². The zero-order chi connectivity index (χ0) is 18.1. The van der Waals surface area contributed by atoms with Crippen LogP contribution in [0.25, 0.3) is 0 Å². The number of hydrogen-bond donors (Lipinski definition) is 1. The standard InChI is InChI=1S/C17H24FN3O3/c1-11-10-20(7-8-21(11)16(23)24-17(2,3)4)12-5-6-13(15(19)22)14(18)9-12/h5-6,9,11H,7-8,10H2,1-4H3,(H2,19,22). The summed E-state index contributed by atoms with van der Waals surface area (Å²) in [6.45, 7) is 8.99. The molecule has 24 heavy (non-hydrogen) atoms. The summed E-state index contributed by atoms with van der Waals surface area (Å²) in [6.07, 6.45) is -0.343. The number of ether oxygens (including phenoxy) is 1. The van der Waals surface area contributed by atoms with Gasteiger partial charge in [0.15, 0.2) is 0 Å². The second kappa shape index (κ2) is 6.67. The first-order valence-electron chi connectivity index (χ1n) is 7.92. The highest BCUT2D eigenvalue weighted by Crippen LogP contribution is 2.23. The van der Waals surface area contributed by atoms with Crippen LogP contribution in [0.4, 0.5) is 14.9 Å². The van der Waals surface area contributed by atoms with Crippen LogP contribution >= 0.6 is 0 Å². The average molecular weight is 337 g/mol. The minimum absolute atomic E-state index is 0.0764. The number of hydrogen-bond acceptors (Lipinski definition) is 4. The Morgan fingerprint density at radius 3 is 2.46 bits per heavy atom. The van der Waals surface area contributed by atoms with Crippen LogP contribution in [0, 0.1) is 5.82 Å². The van der Waals surface area contributed by atoms with Gasteiger partial charge in [0.1, 0.15) is 11.4 Å². The fourth-order valence-electron chi connectivity index (χ4n) is 2.68. The van der Waals surface area contributed by atoms with E-state index in [1.54, 1.807) is 11.0 Å². The third kappa shape index (κ3) is 4.15. The predicted octanol–water partition coefficient (Wildman–Crippen LogP) is 2.37. The molecule has 132 valence electrons. The number of amides is 2. The van der Waals surface area contributed by atoms with Gasteiger partial charge >= 0.3 is 6.09 Å². The van der Waals surface area contributed by atoms with Crippen LogP contribution in [-0.4, -0.2) is 48.2 Å². The molecule has 1 fully saturated rings. The van der Waals surface area contributed by atoms with E-state index in [-0.39, 0.29) is 17.7 Å². The topological polar surface area (TPSA) is 75.9 Å². The van der Waals surface area contributed by atoms with E-state index >= 15 is 0 Å². The molecule has 2 amide bonds. The highest BCUT2D eigenvalue weighted by atomic mass is 19.1. The van der Waals surface area contributed by atoms with Crippen LogP contribution < -0.4 is 10.6 Å². The van der Waals surface area contributed by atoms with Gasteiger partial charge in [0.05, 0.1) is 5.56 Å². The second-order valence-electron chi connectivity index (χ2n) is 7.00. The van der Waals surface area contributed by atoms with E-state index in [2.05, 4.69) is 0 Å². The van der Waals surface area contributed by atoms with E-state index in [4.69, 9.17) is 10.5 Å². The summed E-state index contributed by atoms with van der Waals surface area (Å²) in [4.78, 5) is 27.0. The summed E-state index contributed by atoms with van der Waals surface area (Å²) in [6, 6.07) is 4.28. The van der Waals surface area contributed by atoms with Crippen molar-refractivity contribution in [1.82, 2.24) is 4.90 Å². The number of halogens is 1. The number of nitrogens with zero attached hydrogens (tertiary/aromatic N) is 2. The number of carbonyl (C=O) groups excluding carboxylic acids is 2. The molecule has 1 unspecified atom stereocenters. The summed E-state index contributed by atoms with van der Waals surface area (Å²) in [5, 5.41) is 0. The Kier molecular flexibility index (Phi) is 5.01. The Morgan fingerprint density at radius 2 is 1.96 bits per heavy atom. The van der Waals surface area contributed by atoms with Crippen molar-refractivity contribution in [2.24, 2.45) is 5.73 Å². The lowest BCUT2D eigenvalue weighted by Crippen LogP contribution is -2.55. The van der Waals surface area contributed by atoms with Gasteiger partial charge in [-0.3, -0.25) is 4.79 Å². The monoisotopic (exact) mass is 337 g/mol. The molecule has 7 heteroatoms. The molecule has 0 spiro atoms. The first-order chi connectivity index (χ1) is 11.1. The number of primary amides is 1. The molecule has 1 aliphatic heterocycles. The van der Waals surface area contributed by atoms with Crippen LogP contribution in [0.15, 0.2) is 18.2 Å². The molecule has 2 rings (SSSR count). The molecule has 2 N–H and O–H groups in total. The minimum Gasteiger partial charge on any atom is -0.444 e. The smallest absolute Gasteiger partial charge is 0.410 e. The van der Waals surface area contributed by atoms with Crippen molar-refractivity contribution in [1.29, 1.82) is 0 Å². The summed E-state index contributed by atoms with van der Waals surface area (Å²) in [5.74, 6) is -1.43. The molecular weight excluding hydrogens is 313 g/mol. The molecule has 1 saturated heterocycles. The lowest BCUT2D eigenvalue weighted by Gasteiger charge is -2.41. The van der Waals surface area contributed by atoms with E-state index < -0.39 is 17.3 Å². The second-order valence-corrected chi connectivity index (χ2v) is 7.00. The maximum atomic E-state index is 13.9. The number of piperazine rings is 1. The average Bonchev–Trinajstić information content (AvgIpc) is 2.44. The molecule has 1 heterocycles. The van der Waals surface area contributed by atoms with Gasteiger partial charge in [-0.05, 0) is 45.9 Å². The summed E-state index contributed by atoms with van der Waals surface area (Å²) in [5.41, 5.74) is 5.11. The van der Waals surface area contributed by atoms with Gasteiger partial charge in [0.25, 0.3) is 5.91 Å². The van der Waals surface area contributed by atoms with Crippen LogP contribution in [0.2, 0.25) is 0 Å². The Bertz CT molecular complexity index is 642. The van der Waals surface area contributed by atoms with Gasteiger partial charge in [0, 0.05) is 31.4 Å². The Balaban J connectivity index is 2.07. The first kappa shape index (κ1) is 18.0. The summed E-state index contributed by atoms with van der Waals surface area (Å²) in [7, 11) is 0. The SMILES string of the molecule is CC1CN(c2ccc(C(N)=O)c(F)c2)CCN1C(=O)OC(C)(C)C. The lowest BCUT2D eigenvalue weighted by atomic mass is 10.1. The van der Waals surface area contributed by atoms with E-state index in [0.29, 0.717) is 25.3 Å². The Morgan fingerprint density at radius 1 is 1.29 bits per heavy atom. The molecule has 0 aromatic heterocycles. The number of benzene rings is 1. The first-order valence-corrected chi connectivity index (χ1v) is 7.92. The highest BCUT2D eigenvalue weighted by molar-refractivity contribution is 5.93. The fraction of sp³-hybridized carbons (Fsp3) is 0.529. The Labute approximate surface area is 141 Å². The lowest BCUT2D eigenvalue weighted by molar-refractivity contribution is 0.0159. The van der Waals surface area contributed by atoms with E-state index in [1.165, 1.54) is 12.1 Å². The van der Waals surface area contributed by atoms with E-state index in [9.17, 15) is 14.0 Å². The highest BCUT2D eigenvalue weighted by Gasteiger charge is 2.31. The van der Waals surface area contributed by atoms with Crippen molar-refractivity contribution in [3.8, 4) is 0 Å². The predicted molar refractivity (Wildman–Crippen MR) is 89.5 cm³/mol. The quantitative estimate of drug-likeness (QED) is 0.899. The van der Waals surface area contributed by atoms with Gasteiger partial charge in [0.2, 0.25) is 0 Å². The van der Waals surface area contributed by atoms with Crippen molar-refractivity contribution in [3.05, 3.63) is 29.6 Å². The minimum atomic E-state index is -0.790. The van der Waals surface area contributed by atoms with Crippen LogP contribution in [-0.2, 0) is 4.74 Å². The van der Waals surface area contributed by atoms with Crippen molar-refractivity contribution in [3.63, 3.8) is 0 Å². The number of rotatable bonds is 2. The molecule has 1 atom stereocenters. The molecular formula is C17H24FN3O3. The summed E-state index contributed by atoms with van der Waals surface area (Å²) >= 11 is 0. The van der Waals surface area contributed by atoms with Crippen LogP contribution in [0.1, 0.15) is 38.1 Å². The number of anilines is 1. The van der Waals surface area contributed by atoms with Crippen molar-refractivity contribution >= 4 is 17.7 Å². The van der Waals surface area contributed by atoms with Gasteiger partial charge in [-0.1, -0.05) is 0 Å². The van der Waals surface area contributed by atoms with Crippen molar-refractivity contribution < 1.29 is 18.7 Å². The van der Waals surface area contributed by atoms with Gasteiger partial charge < -0.3 is 20.3 Å². The van der Waals surface area contributed by atoms with Gasteiger partial charge in [-0.25, -0.2) is 9.18 Å². The number of nitrogens with two attached hydrogens (primary N) is 1. The molecule has 0 aliphatic carbocycles. The van der Waals surface area contributed by atoms with Crippen LogP contribution in [0.3, 0.4) is 0 Å². The third-order valence-electron chi connectivity index (χ3n) is 3.84.